The average molecular weight is 208 g/mol. The summed E-state index contributed by atoms with van der Waals surface area (Å²) in [5.74, 6) is 0.830. The van der Waals surface area contributed by atoms with Crippen LogP contribution in [0.2, 0.25) is 0 Å². The van der Waals surface area contributed by atoms with Gasteiger partial charge in [0.15, 0.2) is 0 Å². The molecule has 3 nitrogen and oxygen atoms in total. The maximum absolute atomic E-state index is 5.02. The molecule has 1 aliphatic rings. The Balaban J connectivity index is 1.63. The van der Waals surface area contributed by atoms with Crippen molar-refractivity contribution in [3.8, 4) is 0 Å². The first-order chi connectivity index (χ1) is 7.38. The third-order valence-corrected chi connectivity index (χ3v) is 3.16. The van der Waals surface area contributed by atoms with E-state index in [9.17, 15) is 0 Å². The number of nitrogens with zero attached hydrogens (tertiary/aromatic N) is 1. The van der Waals surface area contributed by atoms with Gasteiger partial charge in [0.25, 0.3) is 0 Å². The Labute approximate surface area is 91.4 Å². The second kappa shape index (κ2) is 5.33. The normalized spacial score (nSPS) is 22.3. The van der Waals surface area contributed by atoms with Gasteiger partial charge in [-0.2, -0.15) is 0 Å². The Hall–Kier alpha value is -0.800. The van der Waals surface area contributed by atoms with E-state index in [2.05, 4.69) is 17.1 Å². The van der Waals surface area contributed by atoms with Crippen molar-refractivity contribution in [1.82, 2.24) is 10.2 Å². The summed E-state index contributed by atoms with van der Waals surface area (Å²) in [4.78, 5) is 2.52. The molecule has 2 heterocycles. The van der Waals surface area contributed by atoms with Crippen LogP contribution in [0.4, 0.5) is 0 Å². The Morgan fingerprint density at radius 3 is 3.20 bits per heavy atom. The molecule has 1 unspecified atom stereocenters. The molecule has 1 aromatic heterocycles. The van der Waals surface area contributed by atoms with Crippen LogP contribution in [0.3, 0.4) is 0 Å². The third kappa shape index (κ3) is 3.08. The van der Waals surface area contributed by atoms with E-state index < -0.39 is 0 Å². The Bertz CT molecular complexity index is 271. The third-order valence-electron chi connectivity index (χ3n) is 3.16. The summed E-state index contributed by atoms with van der Waals surface area (Å²) in [5, 5.41) is 3.49. The number of furan rings is 1. The van der Waals surface area contributed by atoms with E-state index in [4.69, 9.17) is 4.42 Å². The molecule has 1 fully saturated rings. The van der Waals surface area contributed by atoms with Crippen molar-refractivity contribution in [2.75, 3.05) is 26.2 Å². The second-order valence-electron chi connectivity index (χ2n) is 4.31. The van der Waals surface area contributed by atoms with Gasteiger partial charge in [0.2, 0.25) is 0 Å². The van der Waals surface area contributed by atoms with Crippen LogP contribution in [0.1, 0.15) is 18.9 Å². The molecule has 2 rings (SSSR count). The van der Waals surface area contributed by atoms with Gasteiger partial charge in [0.05, 0.1) is 12.5 Å². The second-order valence-corrected chi connectivity index (χ2v) is 4.31. The van der Waals surface area contributed by atoms with E-state index >= 15 is 0 Å². The van der Waals surface area contributed by atoms with E-state index in [0.717, 1.165) is 19.0 Å². The van der Waals surface area contributed by atoms with Crippen LogP contribution in [-0.4, -0.2) is 31.1 Å². The predicted molar refractivity (Wildman–Crippen MR) is 60.6 cm³/mol. The van der Waals surface area contributed by atoms with E-state index in [1.807, 2.05) is 6.07 Å². The minimum absolute atomic E-state index is 0.830. The lowest BCUT2D eigenvalue weighted by molar-refractivity contribution is 0.339. The minimum Gasteiger partial charge on any atom is -0.472 e. The molecule has 0 spiro atoms. The van der Waals surface area contributed by atoms with Crippen molar-refractivity contribution < 1.29 is 4.42 Å². The lowest BCUT2D eigenvalue weighted by Crippen LogP contribution is -2.26. The number of rotatable bonds is 5. The van der Waals surface area contributed by atoms with Crippen molar-refractivity contribution in [2.24, 2.45) is 5.92 Å². The molecule has 1 aliphatic heterocycles. The topological polar surface area (TPSA) is 28.4 Å². The van der Waals surface area contributed by atoms with Crippen molar-refractivity contribution in [3.05, 3.63) is 24.2 Å². The highest BCUT2D eigenvalue weighted by Crippen LogP contribution is 2.14. The van der Waals surface area contributed by atoms with Gasteiger partial charge in [-0.25, -0.2) is 0 Å². The summed E-state index contributed by atoms with van der Waals surface area (Å²) in [5.41, 5.74) is 1.24. The van der Waals surface area contributed by atoms with Crippen molar-refractivity contribution in [2.45, 2.75) is 19.9 Å². The zero-order chi connectivity index (χ0) is 10.5. The van der Waals surface area contributed by atoms with Crippen molar-refractivity contribution >= 4 is 0 Å². The largest absolute Gasteiger partial charge is 0.472 e. The molecule has 0 saturated carbocycles. The molecule has 1 saturated heterocycles. The molecule has 1 aromatic rings. The first-order valence-electron chi connectivity index (χ1n) is 5.82. The minimum atomic E-state index is 0.830. The molecule has 0 amide bonds. The maximum atomic E-state index is 5.02. The zero-order valence-electron chi connectivity index (χ0n) is 9.41. The fourth-order valence-corrected chi connectivity index (χ4v) is 2.18. The Kier molecular flexibility index (Phi) is 3.80. The van der Waals surface area contributed by atoms with Crippen LogP contribution in [0.5, 0.6) is 0 Å². The smallest absolute Gasteiger partial charge is 0.0947 e. The van der Waals surface area contributed by atoms with Crippen LogP contribution < -0.4 is 5.32 Å². The fraction of sp³-hybridized carbons (Fsp3) is 0.667. The van der Waals surface area contributed by atoms with Gasteiger partial charge in [-0.15, -0.1) is 0 Å². The van der Waals surface area contributed by atoms with Crippen LogP contribution in [0, 0.1) is 5.92 Å². The molecule has 3 heteroatoms. The lowest BCUT2D eigenvalue weighted by atomic mass is 10.1. The standard InChI is InChI=1S/C12H20N2O/c1-2-14-5-3-11(9-14)7-13-8-12-4-6-15-10-12/h4,6,10-11,13H,2-3,5,7-9H2,1H3. The maximum Gasteiger partial charge on any atom is 0.0947 e. The highest BCUT2D eigenvalue weighted by molar-refractivity contribution is 5.04. The number of hydrogen-bond donors (Lipinski definition) is 1. The van der Waals surface area contributed by atoms with Gasteiger partial charge >= 0.3 is 0 Å². The van der Waals surface area contributed by atoms with Gasteiger partial charge in [-0.3, -0.25) is 0 Å². The summed E-state index contributed by atoms with van der Waals surface area (Å²) in [7, 11) is 0. The lowest BCUT2D eigenvalue weighted by Gasteiger charge is -2.13. The van der Waals surface area contributed by atoms with Crippen LogP contribution >= 0.6 is 0 Å². The SMILES string of the molecule is CCN1CCC(CNCc2ccoc2)C1. The van der Waals surface area contributed by atoms with Crippen LogP contribution in [0.25, 0.3) is 0 Å². The quantitative estimate of drug-likeness (QED) is 0.798. The van der Waals surface area contributed by atoms with E-state index in [1.54, 1.807) is 12.5 Å². The van der Waals surface area contributed by atoms with Gasteiger partial charge < -0.3 is 14.6 Å². The average Bonchev–Trinajstić information content (AvgIpc) is 2.88. The summed E-state index contributed by atoms with van der Waals surface area (Å²) in [6.45, 7) is 8.02. The van der Waals surface area contributed by atoms with Gasteiger partial charge in [-0.05, 0) is 38.0 Å². The summed E-state index contributed by atoms with van der Waals surface area (Å²) in [6.07, 6.45) is 4.87. The molecule has 0 radical (unpaired) electrons. The number of nitrogens with one attached hydrogen (secondary N) is 1. The Morgan fingerprint density at radius 2 is 2.53 bits per heavy atom. The molecular weight excluding hydrogens is 188 g/mol. The fourth-order valence-electron chi connectivity index (χ4n) is 2.18. The van der Waals surface area contributed by atoms with E-state index in [-0.39, 0.29) is 0 Å². The summed E-state index contributed by atoms with van der Waals surface area (Å²) in [6, 6.07) is 2.01. The molecule has 84 valence electrons. The zero-order valence-corrected chi connectivity index (χ0v) is 9.41. The highest BCUT2D eigenvalue weighted by atomic mass is 16.3. The number of hydrogen-bond acceptors (Lipinski definition) is 3. The number of likely N-dealkylation sites (tertiary alicyclic amines) is 1. The molecular formula is C12H20N2O. The molecule has 1 atom stereocenters. The van der Waals surface area contributed by atoms with E-state index in [1.165, 1.54) is 31.6 Å². The molecule has 0 bridgehead atoms. The monoisotopic (exact) mass is 208 g/mol. The van der Waals surface area contributed by atoms with Gasteiger partial charge in [-0.1, -0.05) is 6.92 Å². The molecule has 15 heavy (non-hydrogen) atoms. The molecule has 0 aromatic carbocycles. The molecule has 0 aliphatic carbocycles. The van der Waals surface area contributed by atoms with Crippen molar-refractivity contribution in [3.63, 3.8) is 0 Å². The Morgan fingerprint density at radius 1 is 1.60 bits per heavy atom. The highest BCUT2D eigenvalue weighted by Gasteiger charge is 2.20. The molecule has 1 N–H and O–H groups in total. The van der Waals surface area contributed by atoms with Gasteiger partial charge in [0, 0.05) is 18.7 Å². The van der Waals surface area contributed by atoms with Crippen LogP contribution in [0.15, 0.2) is 23.0 Å². The predicted octanol–water partition coefficient (Wildman–Crippen LogP) is 1.71. The van der Waals surface area contributed by atoms with E-state index in [0.29, 0.717) is 0 Å². The summed E-state index contributed by atoms with van der Waals surface area (Å²) < 4.78 is 5.02. The van der Waals surface area contributed by atoms with Crippen molar-refractivity contribution in [1.29, 1.82) is 0 Å². The first-order valence-corrected chi connectivity index (χ1v) is 5.82. The van der Waals surface area contributed by atoms with Gasteiger partial charge in [0.1, 0.15) is 0 Å². The summed E-state index contributed by atoms with van der Waals surface area (Å²) >= 11 is 0. The van der Waals surface area contributed by atoms with Crippen LogP contribution in [-0.2, 0) is 6.54 Å². The first kappa shape index (κ1) is 10.7.